The summed E-state index contributed by atoms with van der Waals surface area (Å²) >= 11 is 0. The highest BCUT2D eigenvalue weighted by Gasteiger charge is 2.27. The minimum atomic E-state index is -3.63. The molecule has 1 aliphatic heterocycles. The standard InChI is InChI=1S/C23H24N2O2S/c1-18-14-21-15-22(12-13-23(21)24-18)28(26,27)25(16-19-8-4-2-5-9-19)17-20-10-6-3-7-11-20/h2-13,15,18,24H,14,16-17H2,1H3/t18-/m0/s1. The molecule has 28 heavy (non-hydrogen) atoms. The zero-order valence-electron chi connectivity index (χ0n) is 15.9. The summed E-state index contributed by atoms with van der Waals surface area (Å²) in [6.07, 6.45) is 0.843. The predicted octanol–water partition coefficient (Wildman–Crippen LogP) is 4.43. The van der Waals surface area contributed by atoms with Gasteiger partial charge in [-0.25, -0.2) is 8.42 Å². The molecule has 0 amide bonds. The Morgan fingerprint density at radius 3 is 2.04 bits per heavy atom. The van der Waals surface area contributed by atoms with Crippen LogP contribution in [-0.4, -0.2) is 18.8 Å². The second kappa shape index (κ2) is 7.78. The van der Waals surface area contributed by atoms with Crippen LogP contribution in [-0.2, 0) is 29.5 Å². The molecule has 0 saturated carbocycles. The van der Waals surface area contributed by atoms with Gasteiger partial charge in [-0.05, 0) is 48.2 Å². The lowest BCUT2D eigenvalue weighted by Gasteiger charge is -2.23. The summed E-state index contributed by atoms with van der Waals surface area (Å²) in [5, 5.41) is 3.38. The Morgan fingerprint density at radius 2 is 1.46 bits per heavy atom. The van der Waals surface area contributed by atoms with E-state index in [-0.39, 0.29) is 0 Å². The fourth-order valence-electron chi connectivity index (χ4n) is 3.64. The lowest BCUT2D eigenvalue weighted by atomic mass is 10.1. The molecule has 0 radical (unpaired) electrons. The molecule has 3 aromatic rings. The van der Waals surface area contributed by atoms with Gasteiger partial charge in [-0.3, -0.25) is 0 Å². The molecular weight excluding hydrogens is 368 g/mol. The molecule has 5 heteroatoms. The molecule has 4 nitrogen and oxygen atoms in total. The first kappa shape index (κ1) is 18.7. The third-order valence-corrected chi connectivity index (χ3v) is 6.83. The van der Waals surface area contributed by atoms with E-state index in [1.165, 1.54) is 0 Å². The highest BCUT2D eigenvalue weighted by molar-refractivity contribution is 7.89. The van der Waals surface area contributed by atoms with Crippen molar-refractivity contribution in [2.24, 2.45) is 0 Å². The summed E-state index contributed by atoms with van der Waals surface area (Å²) in [7, 11) is -3.63. The SMILES string of the molecule is C[C@H]1Cc2cc(S(=O)(=O)N(Cc3ccccc3)Cc3ccccc3)ccc2N1. The Hall–Kier alpha value is -2.63. The number of hydrogen-bond acceptors (Lipinski definition) is 3. The van der Waals surface area contributed by atoms with Gasteiger partial charge in [0.25, 0.3) is 0 Å². The first-order chi connectivity index (χ1) is 13.5. The number of nitrogens with zero attached hydrogens (tertiary/aromatic N) is 1. The van der Waals surface area contributed by atoms with E-state index in [1.54, 1.807) is 10.4 Å². The Labute approximate surface area is 166 Å². The molecule has 1 heterocycles. The zero-order valence-corrected chi connectivity index (χ0v) is 16.7. The smallest absolute Gasteiger partial charge is 0.243 e. The Morgan fingerprint density at radius 1 is 0.893 bits per heavy atom. The van der Waals surface area contributed by atoms with E-state index >= 15 is 0 Å². The van der Waals surface area contributed by atoms with Gasteiger partial charge in [0, 0.05) is 24.8 Å². The van der Waals surface area contributed by atoms with Gasteiger partial charge in [-0.2, -0.15) is 4.31 Å². The van der Waals surface area contributed by atoms with E-state index < -0.39 is 10.0 Å². The van der Waals surface area contributed by atoms with E-state index in [2.05, 4.69) is 12.2 Å². The summed E-state index contributed by atoms with van der Waals surface area (Å²) in [6, 6.07) is 25.2. The maximum atomic E-state index is 13.5. The molecule has 1 N–H and O–H groups in total. The topological polar surface area (TPSA) is 49.4 Å². The van der Waals surface area contributed by atoms with Crippen LogP contribution in [0.25, 0.3) is 0 Å². The predicted molar refractivity (Wildman–Crippen MR) is 113 cm³/mol. The number of hydrogen-bond donors (Lipinski definition) is 1. The van der Waals surface area contributed by atoms with Crippen molar-refractivity contribution in [3.05, 3.63) is 95.6 Å². The van der Waals surface area contributed by atoms with E-state index in [4.69, 9.17) is 0 Å². The number of nitrogens with one attached hydrogen (secondary N) is 1. The number of rotatable bonds is 6. The lowest BCUT2D eigenvalue weighted by Crippen LogP contribution is -2.30. The van der Waals surface area contributed by atoms with Crippen molar-refractivity contribution in [1.29, 1.82) is 0 Å². The number of sulfonamides is 1. The second-order valence-corrected chi connectivity index (χ2v) is 9.25. The average molecular weight is 393 g/mol. The number of fused-ring (bicyclic) bond motifs is 1. The number of anilines is 1. The lowest BCUT2D eigenvalue weighted by molar-refractivity contribution is 0.401. The van der Waals surface area contributed by atoms with Crippen molar-refractivity contribution in [1.82, 2.24) is 4.31 Å². The van der Waals surface area contributed by atoms with Gasteiger partial charge >= 0.3 is 0 Å². The van der Waals surface area contributed by atoms with Crippen molar-refractivity contribution in [2.45, 2.75) is 37.4 Å². The van der Waals surface area contributed by atoms with Crippen LogP contribution < -0.4 is 5.32 Å². The van der Waals surface area contributed by atoms with E-state index in [0.29, 0.717) is 24.0 Å². The Balaban J connectivity index is 1.69. The third kappa shape index (κ3) is 3.96. The fourth-order valence-corrected chi connectivity index (χ4v) is 5.10. The average Bonchev–Trinajstić information content (AvgIpc) is 3.08. The van der Waals surface area contributed by atoms with Gasteiger partial charge in [0.05, 0.1) is 4.90 Å². The Bertz CT molecular complexity index is 1010. The van der Waals surface area contributed by atoms with Crippen LogP contribution in [0.2, 0.25) is 0 Å². The van der Waals surface area contributed by atoms with Gasteiger partial charge in [0.15, 0.2) is 0 Å². The molecule has 0 aromatic heterocycles. The van der Waals surface area contributed by atoms with Crippen LogP contribution >= 0.6 is 0 Å². The van der Waals surface area contributed by atoms with Gasteiger partial charge in [0.1, 0.15) is 0 Å². The molecule has 1 aliphatic rings. The van der Waals surface area contributed by atoms with Crippen LogP contribution in [0.15, 0.2) is 83.8 Å². The van der Waals surface area contributed by atoms with Crippen LogP contribution in [0, 0.1) is 0 Å². The molecular formula is C23H24N2O2S. The molecule has 0 aliphatic carbocycles. The van der Waals surface area contributed by atoms with Crippen molar-refractivity contribution < 1.29 is 8.42 Å². The van der Waals surface area contributed by atoms with Crippen molar-refractivity contribution in [2.75, 3.05) is 5.32 Å². The maximum Gasteiger partial charge on any atom is 0.243 e. The Kier molecular flexibility index (Phi) is 5.20. The van der Waals surface area contributed by atoms with E-state index in [0.717, 1.165) is 28.8 Å². The third-order valence-electron chi connectivity index (χ3n) is 5.05. The van der Waals surface area contributed by atoms with Crippen LogP contribution in [0.1, 0.15) is 23.6 Å². The van der Waals surface area contributed by atoms with Gasteiger partial charge in [-0.1, -0.05) is 60.7 Å². The molecule has 1 atom stereocenters. The first-order valence-electron chi connectivity index (χ1n) is 9.50. The molecule has 0 unspecified atom stereocenters. The summed E-state index contributed by atoms with van der Waals surface area (Å²) in [5.74, 6) is 0. The fraction of sp³-hybridized carbons (Fsp3) is 0.217. The second-order valence-electron chi connectivity index (χ2n) is 7.31. The quantitative estimate of drug-likeness (QED) is 0.675. The van der Waals surface area contributed by atoms with Gasteiger partial charge in [0.2, 0.25) is 10.0 Å². The van der Waals surface area contributed by atoms with Crippen LogP contribution in [0.5, 0.6) is 0 Å². The van der Waals surface area contributed by atoms with E-state index in [9.17, 15) is 8.42 Å². The molecule has 0 fully saturated rings. The molecule has 0 spiro atoms. The van der Waals surface area contributed by atoms with Crippen molar-refractivity contribution >= 4 is 15.7 Å². The van der Waals surface area contributed by atoms with Gasteiger partial charge < -0.3 is 5.32 Å². The summed E-state index contributed by atoms with van der Waals surface area (Å²) in [5.41, 5.74) is 4.04. The molecule has 0 saturated heterocycles. The first-order valence-corrected chi connectivity index (χ1v) is 10.9. The zero-order chi connectivity index (χ0) is 19.6. The highest BCUT2D eigenvalue weighted by Crippen LogP contribution is 2.30. The normalized spacial score (nSPS) is 16.0. The molecule has 144 valence electrons. The molecule has 3 aromatic carbocycles. The summed E-state index contributed by atoms with van der Waals surface area (Å²) in [4.78, 5) is 0.356. The van der Waals surface area contributed by atoms with Crippen molar-refractivity contribution in [3.8, 4) is 0 Å². The van der Waals surface area contributed by atoms with Gasteiger partial charge in [-0.15, -0.1) is 0 Å². The van der Waals surface area contributed by atoms with E-state index in [1.807, 2.05) is 72.8 Å². The number of benzene rings is 3. The highest BCUT2D eigenvalue weighted by atomic mass is 32.2. The maximum absolute atomic E-state index is 13.5. The largest absolute Gasteiger partial charge is 0.382 e. The van der Waals surface area contributed by atoms with Crippen LogP contribution in [0.4, 0.5) is 5.69 Å². The minimum absolute atomic E-state index is 0.331. The molecule has 4 rings (SSSR count). The monoisotopic (exact) mass is 392 g/mol. The summed E-state index contributed by atoms with van der Waals surface area (Å²) < 4.78 is 28.6. The van der Waals surface area contributed by atoms with Crippen molar-refractivity contribution in [3.63, 3.8) is 0 Å². The molecule has 0 bridgehead atoms. The minimum Gasteiger partial charge on any atom is -0.382 e. The van der Waals surface area contributed by atoms with Crippen LogP contribution in [0.3, 0.4) is 0 Å². The summed E-state index contributed by atoms with van der Waals surface area (Å²) in [6.45, 7) is 2.78.